The fraction of sp³-hybridized carbons (Fsp3) is 0.615. The average Bonchev–Trinajstić information content (AvgIpc) is 2.74. The molecule has 2 unspecified atom stereocenters. The number of carbonyl (C=O) groups is 1. The molecule has 0 heterocycles. The summed E-state index contributed by atoms with van der Waals surface area (Å²) in [6.45, 7) is 7.93. The summed E-state index contributed by atoms with van der Waals surface area (Å²) < 4.78 is 0. The Morgan fingerprint density at radius 3 is 2.43 bits per heavy atom. The molecule has 0 aromatic rings. The van der Waals surface area contributed by atoms with Crippen LogP contribution >= 0.6 is 0 Å². The van der Waals surface area contributed by atoms with Crippen LogP contribution in [0.3, 0.4) is 0 Å². The molecule has 76 valence electrons. The van der Waals surface area contributed by atoms with Gasteiger partial charge in [0.2, 0.25) is 0 Å². The number of rotatable bonds is 3. The summed E-state index contributed by atoms with van der Waals surface area (Å²) in [5.74, 6) is 1.50. The molecule has 2 aliphatic rings. The van der Waals surface area contributed by atoms with Gasteiger partial charge in [-0.25, -0.2) is 0 Å². The third-order valence-corrected chi connectivity index (χ3v) is 3.73. The molecule has 0 saturated heterocycles. The number of hydrogen-bond acceptors (Lipinski definition) is 1. The van der Waals surface area contributed by atoms with E-state index in [-0.39, 0.29) is 5.78 Å². The Hall–Kier alpha value is -0.850. The zero-order valence-corrected chi connectivity index (χ0v) is 9.10. The normalized spacial score (nSPS) is 29.9. The number of carbonyl (C=O) groups excluding carboxylic acids is 1. The molecule has 2 aliphatic carbocycles. The minimum absolute atomic E-state index is 0.279. The third kappa shape index (κ3) is 1.26. The zero-order valence-electron chi connectivity index (χ0n) is 9.10. The van der Waals surface area contributed by atoms with Crippen molar-refractivity contribution in [2.45, 2.75) is 39.5 Å². The summed E-state index contributed by atoms with van der Waals surface area (Å²) in [5, 5.41) is 0. The molecule has 2 rings (SSSR count). The third-order valence-electron chi connectivity index (χ3n) is 3.73. The van der Waals surface area contributed by atoms with Crippen molar-refractivity contribution in [3.05, 3.63) is 23.3 Å². The molecule has 1 heteroatoms. The molecule has 0 aromatic carbocycles. The summed E-state index contributed by atoms with van der Waals surface area (Å²) in [5.41, 5.74) is 3.65. The Morgan fingerprint density at radius 1 is 1.36 bits per heavy atom. The average molecular weight is 190 g/mol. The summed E-state index contributed by atoms with van der Waals surface area (Å²) in [4.78, 5) is 11.6. The van der Waals surface area contributed by atoms with E-state index < -0.39 is 0 Å². The fourth-order valence-electron chi connectivity index (χ4n) is 3.09. The van der Waals surface area contributed by atoms with Crippen molar-refractivity contribution in [1.29, 1.82) is 0 Å². The van der Waals surface area contributed by atoms with Gasteiger partial charge in [0.05, 0.1) is 0 Å². The van der Waals surface area contributed by atoms with Crippen molar-refractivity contribution in [3.8, 4) is 0 Å². The van der Waals surface area contributed by atoms with Gasteiger partial charge < -0.3 is 0 Å². The summed E-state index contributed by atoms with van der Waals surface area (Å²) in [6, 6.07) is 0. The second-order valence-electron chi connectivity index (χ2n) is 4.55. The van der Waals surface area contributed by atoms with Crippen molar-refractivity contribution >= 4 is 5.78 Å². The topological polar surface area (TPSA) is 17.1 Å². The van der Waals surface area contributed by atoms with Gasteiger partial charge >= 0.3 is 0 Å². The second-order valence-corrected chi connectivity index (χ2v) is 4.55. The monoisotopic (exact) mass is 190 g/mol. The van der Waals surface area contributed by atoms with Crippen LogP contribution in [0.5, 0.6) is 0 Å². The maximum absolute atomic E-state index is 11.6. The van der Waals surface area contributed by atoms with Crippen LogP contribution in [-0.2, 0) is 4.79 Å². The minimum atomic E-state index is 0.279. The molecule has 14 heavy (non-hydrogen) atoms. The molecule has 1 saturated carbocycles. The largest absolute Gasteiger partial charge is 0.295 e. The van der Waals surface area contributed by atoms with E-state index in [4.69, 9.17) is 0 Å². The predicted octanol–water partition coefficient (Wildman–Crippen LogP) is 3.27. The molecule has 1 nitrogen and oxygen atoms in total. The smallest absolute Gasteiger partial charge is 0.156 e. The first-order valence-corrected chi connectivity index (χ1v) is 5.58. The molecule has 0 aliphatic heterocycles. The first-order valence-electron chi connectivity index (χ1n) is 5.58. The van der Waals surface area contributed by atoms with Gasteiger partial charge in [-0.1, -0.05) is 19.1 Å². The van der Waals surface area contributed by atoms with E-state index in [1.165, 1.54) is 30.4 Å². The van der Waals surface area contributed by atoms with Crippen molar-refractivity contribution in [2.75, 3.05) is 0 Å². The van der Waals surface area contributed by atoms with Crippen molar-refractivity contribution in [3.63, 3.8) is 0 Å². The van der Waals surface area contributed by atoms with E-state index >= 15 is 0 Å². The summed E-state index contributed by atoms with van der Waals surface area (Å²) in [6.07, 6.45) is 4.69. The van der Waals surface area contributed by atoms with Gasteiger partial charge in [-0.2, -0.15) is 0 Å². The van der Waals surface area contributed by atoms with Gasteiger partial charge in [0.1, 0.15) is 0 Å². The molecule has 0 aromatic heterocycles. The molecule has 0 radical (unpaired) electrons. The van der Waals surface area contributed by atoms with E-state index in [9.17, 15) is 4.79 Å². The molecule has 0 N–H and O–H groups in total. The van der Waals surface area contributed by atoms with Crippen LogP contribution in [-0.4, -0.2) is 5.78 Å². The lowest BCUT2D eigenvalue weighted by Gasteiger charge is -2.19. The highest BCUT2D eigenvalue weighted by Crippen LogP contribution is 2.51. The SMILES string of the molecule is C=C(CC)C1=C(C(C)=O)C2CCC1C2. The maximum atomic E-state index is 11.6. The minimum Gasteiger partial charge on any atom is -0.295 e. The number of hydrogen-bond donors (Lipinski definition) is 0. The number of Topliss-reactive ketones (excluding diaryl/α,β-unsaturated/α-hetero) is 1. The molecule has 0 amide bonds. The first kappa shape index (κ1) is 9.70. The quantitative estimate of drug-likeness (QED) is 0.667. The zero-order chi connectivity index (χ0) is 10.3. The predicted molar refractivity (Wildman–Crippen MR) is 58.0 cm³/mol. The number of allylic oxidation sites excluding steroid dienone is 3. The highest BCUT2D eigenvalue weighted by Gasteiger charge is 2.40. The number of fused-ring (bicyclic) bond motifs is 2. The van der Waals surface area contributed by atoms with E-state index in [2.05, 4.69) is 13.5 Å². The highest BCUT2D eigenvalue weighted by molar-refractivity contribution is 5.96. The Morgan fingerprint density at radius 2 is 1.93 bits per heavy atom. The molecule has 2 bridgehead atoms. The number of ketones is 1. The van der Waals surface area contributed by atoms with Crippen LogP contribution in [0.25, 0.3) is 0 Å². The molecular weight excluding hydrogens is 172 g/mol. The standard InChI is InChI=1S/C13H18O/c1-4-8(2)12-10-5-6-11(7-10)13(12)9(3)14/h10-11H,2,4-7H2,1,3H3. The van der Waals surface area contributed by atoms with Gasteiger partial charge in [0.25, 0.3) is 0 Å². The van der Waals surface area contributed by atoms with Crippen LogP contribution in [0.4, 0.5) is 0 Å². The first-order chi connectivity index (χ1) is 6.65. The lowest BCUT2D eigenvalue weighted by Crippen LogP contribution is -2.11. The molecule has 2 atom stereocenters. The highest BCUT2D eigenvalue weighted by atomic mass is 16.1. The van der Waals surface area contributed by atoms with Crippen LogP contribution < -0.4 is 0 Å². The molecule has 1 fully saturated rings. The van der Waals surface area contributed by atoms with Crippen molar-refractivity contribution in [2.24, 2.45) is 11.8 Å². The van der Waals surface area contributed by atoms with Gasteiger partial charge in [-0.3, -0.25) is 4.79 Å². The lowest BCUT2D eigenvalue weighted by atomic mass is 9.85. The van der Waals surface area contributed by atoms with Gasteiger partial charge in [-0.05, 0) is 50.0 Å². The van der Waals surface area contributed by atoms with Crippen molar-refractivity contribution in [1.82, 2.24) is 0 Å². The van der Waals surface area contributed by atoms with Crippen LogP contribution in [0.1, 0.15) is 39.5 Å². The summed E-state index contributed by atoms with van der Waals surface area (Å²) >= 11 is 0. The molecular formula is C13H18O. The molecule has 0 spiro atoms. The summed E-state index contributed by atoms with van der Waals surface area (Å²) in [7, 11) is 0. The van der Waals surface area contributed by atoms with Gasteiger partial charge in [0, 0.05) is 5.57 Å². The van der Waals surface area contributed by atoms with E-state index in [0.29, 0.717) is 11.8 Å². The van der Waals surface area contributed by atoms with Crippen LogP contribution in [0, 0.1) is 11.8 Å². The van der Waals surface area contributed by atoms with E-state index in [1.807, 2.05) is 0 Å². The van der Waals surface area contributed by atoms with Gasteiger partial charge in [-0.15, -0.1) is 0 Å². The fourth-order valence-corrected chi connectivity index (χ4v) is 3.09. The Balaban J connectivity index is 2.41. The van der Waals surface area contributed by atoms with Crippen molar-refractivity contribution < 1.29 is 4.79 Å². The maximum Gasteiger partial charge on any atom is 0.156 e. The van der Waals surface area contributed by atoms with Crippen LogP contribution in [0.2, 0.25) is 0 Å². The van der Waals surface area contributed by atoms with E-state index in [0.717, 1.165) is 12.0 Å². The Kier molecular flexibility index (Phi) is 2.34. The second kappa shape index (κ2) is 3.38. The Bertz CT molecular complexity index is 322. The van der Waals surface area contributed by atoms with Gasteiger partial charge in [0.15, 0.2) is 5.78 Å². The van der Waals surface area contributed by atoms with Crippen LogP contribution in [0.15, 0.2) is 23.3 Å². The Labute approximate surface area is 85.9 Å². The lowest BCUT2D eigenvalue weighted by molar-refractivity contribution is -0.114. The van der Waals surface area contributed by atoms with E-state index in [1.54, 1.807) is 6.92 Å².